The Bertz CT molecular complexity index is 719. The standard InChI is InChI=1S/C21H24FNO/c22-18-9-7-15(8-10-18)21(23-11-2-1-3-12-23)19-13-16-5-4-6-17(16)14-20(19)24/h7-10,13-14,21,24H,1-6,11-12H2. The van der Waals surface area contributed by atoms with Crippen LogP contribution in [0.1, 0.15) is 54.0 Å². The lowest BCUT2D eigenvalue weighted by atomic mass is 9.92. The van der Waals surface area contributed by atoms with Crippen LogP contribution in [0.3, 0.4) is 0 Å². The van der Waals surface area contributed by atoms with Crippen molar-refractivity contribution in [3.05, 3.63) is 64.5 Å². The molecule has 0 bridgehead atoms. The van der Waals surface area contributed by atoms with Gasteiger partial charge in [0.25, 0.3) is 0 Å². The van der Waals surface area contributed by atoms with Crippen LogP contribution in [-0.2, 0) is 12.8 Å². The van der Waals surface area contributed by atoms with Crippen molar-refractivity contribution in [1.29, 1.82) is 0 Å². The van der Waals surface area contributed by atoms with E-state index in [4.69, 9.17) is 0 Å². The molecule has 2 aromatic carbocycles. The molecule has 1 N–H and O–H groups in total. The van der Waals surface area contributed by atoms with Gasteiger partial charge in [0.05, 0.1) is 6.04 Å². The van der Waals surface area contributed by atoms with Crippen LogP contribution in [0, 0.1) is 5.82 Å². The Morgan fingerprint density at radius 2 is 1.54 bits per heavy atom. The highest BCUT2D eigenvalue weighted by Crippen LogP contribution is 2.39. The van der Waals surface area contributed by atoms with Gasteiger partial charge in [-0.25, -0.2) is 4.39 Å². The van der Waals surface area contributed by atoms with Gasteiger partial charge in [0.2, 0.25) is 0 Å². The Labute approximate surface area is 142 Å². The maximum Gasteiger partial charge on any atom is 0.123 e. The highest BCUT2D eigenvalue weighted by Gasteiger charge is 2.27. The number of nitrogens with zero attached hydrogens (tertiary/aromatic N) is 1. The number of phenolic OH excluding ortho intramolecular Hbond substituents is 1. The lowest BCUT2D eigenvalue weighted by molar-refractivity contribution is 0.185. The molecule has 0 spiro atoms. The van der Waals surface area contributed by atoms with Crippen molar-refractivity contribution in [3.8, 4) is 5.75 Å². The Balaban J connectivity index is 1.78. The van der Waals surface area contributed by atoms with Crippen LogP contribution in [0.2, 0.25) is 0 Å². The summed E-state index contributed by atoms with van der Waals surface area (Å²) in [5.41, 5.74) is 4.69. The van der Waals surface area contributed by atoms with Gasteiger partial charge in [0.1, 0.15) is 11.6 Å². The highest BCUT2D eigenvalue weighted by molar-refractivity contribution is 5.48. The zero-order chi connectivity index (χ0) is 16.5. The van der Waals surface area contributed by atoms with Crippen molar-refractivity contribution < 1.29 is 9.50 Å². The number of phenols is 1. The molecule has 1 fully saturated rings. The maximum atomic E-state index is 13.4. The van der Waals surface area contributed by atoms with E-state index in [0.29, 0.717) is 5.75 Å². The first-order valence-corrected chi connectivity index (χ1v) is 9.06. The van der Waals surface area contributed by atoms with Gasteiger partial charge >= 0.3 is 0 Å². The van der Waals surface area contributed by atoms with Gasteiger partial charge < -0.3 is 5.11 Å². The molecule has 4 rings (SSSR count). The SMILES string of the molecule is Oc1cc2c(cc1C(c1ccc(F)cc1)N1CCCCC1)CCC2. The molecule has 2 nitrogen and oxygen atoms in total. The Morgan fingerprint density at radius 1 is 0.875 bits per heavy atom. The zero-order valence-corrected chi connectivity index (χ0v) is 14.0. The summed E-state index contributed by atoms with van der Waals surface area (Å²) in [5, 5.41) is 10.7. The Kier molecular flexibility index (Phi) is 4.28. The van der Waals surface area contributed by atoms with Crippen molar-refractivity contribution in [2.24, 2.45) is 0 Å². The molecule has 1 aliphatic carbocycles. The van der Waals surface area contributed by atoms with Crippen LogP contribution in [0.25, 0.3) is 0 Å². The van der Waals surface area contributed by atoms with Crippen LogP contribution >= 0.6 is 0 Å². The third-order valence-corrected chi connectivity index (χ3v) is 5.48. The molecule has 0 amide bonds. The second-order valence-corrected chi connectivity index (χ2v) is 7.08. The van der Waals surface area contributed by atoms with Gasteiger partial charge in [-0.3, -0.25) is 4.90 Å². The van der Waals surface area contributed by atoms with E-state index < -0.39 is 0 Å². The molecule has 1 saturated heterocycles. The first-order valence-electron chi connectivity index (χ1n) is 9.06. The van der Waals surface area contributed by atoms with Gasteiger partial charge in [-0.2, -0.15) is 0 Å². The number of aryl methyl sites for hydroxylation is 2. The van der Waals surface area contributed by atoms with Crippen molar-refractivity contribution in [2.75, 3.05) is 13.1 Å². The fraction of sp³-hybridized carbons (Fsp3) is 0.429. The number of piperidine rings is 1. The molecule has 1 heterocycles. The smallest absolute Gasteiger partial charge is 0.123 e. The molecule has 1 unspecified atom stereocenters. The maximum absolute atomic E-state index is 13.4. The van der Waals surface area contributed by atoms with Gasteiger partial charge in [0, 0.05) is 5.56 Å². The summed E-state index contributed by atoms with van der Waals surface area (Å²) < 4.78 is 13.4. The van der Waals surface area contributed by atoms with Crippen LogP contribution in [0.15, 0.2) is 36.4 Å². The fourth-order valence-corrected chi connectivity index (χ4v) is 4.26. The van der Waals surface area contributed by atoms with E-state index in [1.807, 2.05) is 18.2 Å². The minimum Gasteiger partial charge on any atom is -0.508 e. The van der Waals surface area contributed by atoms with E-state index in [2.05, 4.69) is 11.0 Å². The molecule has 0 aromatic heterocycles. The first-order chi connectivity index (χ1) is 11.7. The molecule has 1 aliphatic heterocycles. The second-order valence-electron chi connectivity index (χ2n) is 7.08. The van der Waals surface area contributed by atoms with Crippen LogP contribution in [-0.4, -0.2) is 23.1 Å². The van der Waals surface area contributed by atoms with E-state index in [9.17, 15) is 9.50 Å². The lowest BCUT2D eigenvalue weighted by Gasteiger charge is -2.35. The summed E-state index contributed by atoms with van der Waals surface area (Å²) in [6.07, 6.45) is 6.96. The van der Waals surface area contributed by atoms with Gasteiger partial charge in [0.15, 0.2) is 0 Å². The number of likely N-dealkylation sites (tertiary alicyclic amines) is 1. The van der Waals surface area contributed by atoms with Gasteiger partial charge in [-0.05, 0) is 86.1 Å². The third-order valence-electron chi connectivity index (χ3n) is 5.48. The van der Waals surface area contributed by atoms with Gasteiger partial charge in [-0.15, -0.1) is 0 Å². The minimum atomic E-state index is -0.214. The molecule has 24 heavy (non-hydrogen) atoms. The number of halogens is 1. The number of benzene rings is 2. The average molecular weight is 325 g/mol. The predicted octanol–water partition coefficient (Wildman–Crippen LogP) is 4.60. The van der Waals surface area contributed by atoms with Crippen molar-refractivity contribution in [3.63, 3.8) is 0 Å². The summed E-state index contributed by atoms with van der Waals surface area (Å²) in [5.74, 6) is 0.171. The molecule has 3 heteroatoms. The molecule has 1 atom stereocenters. The number of aromatic hydroxyl groups is 1. The van der Waals surface area contributed by atoms with Crippen molar-refractivity contribution in [2.45, 2.75) is 44.6 Å². The summed E-state index contributed by atoms with van der Waals surface area (Å²) in [7, 11) is 0. The largest absolute Gasteiger partial charge is 0.508 e. The average Bonchev–Trinajstić information content (AvgIpc) is 3.05. The third kappa shape index (κ3) is 2.93. The molecule has 2 aliphatic rings. The molecule has 0 radical (unpaired) electrons. The Hall–Kier alpha value is -1.87. The van der Waals surface area contributed by atoms with Crippen molar-refractivity contribution >= 4 is 0 Å². The zero-order valence-electron chi connectivity index (χ0n) is 14.0. The second kappa shape index (κ2) is 6.56. The number of hydrogen-bond donors (Lipinski definition) is 1. The molecular weight excluding hydrogens is 301 g/mol. The predicted molar refractivity (Wildman–Crippen MR) is 93.8 cm³/mol. The first kappa shape index (κ1) is 15.6. The van der Waals surface area contributed by atoms with E-state index in [0.717, 1.165) is 37.1 Å². The number of fused-ring (bicyclic) bond motifs is 1. The molecule has 2 aromatic rings. The molecule has 0 saturated carbocycles. The highest BCUT2D eigenvalue weighted by atomic mass is 19.1. The van der Waals surface area contributed by atoms with E-state index >= 15 is 0 Å². The molecule has 126 valence electrons. The van der Waals surface area contributed by atoms with Crippen LogP contribution in [0.5, 0.6) is 5.75 Å². The fourth-order valence-electron chi connectivity index (χ4n) is 4.26. The normalized spacial score (nSPS) is 19.2. The van der Waals surface area contributed by atoms with E-state index in [-0.39, 0.29) is 11.9 Å². The number of hydrogen-bond acceptors (Lipinski definition) is 2. The topological polar surface area (TPSA) is 23.5 Å². The summed E-state index contributed by atoms with van der Waals surface area (Å²) in [6.45, 7) is 2.05. The lowest BCUT2D eigenvalue weighted by Crippen LogP contribution is -2.34. The van der Waals surface area contributed by atoms with E-state index in [1.54, 1.807) is 0 Å². The van der Waals surface area contributed by atoms with Gasteiger partial charge in [-0.1, -0.05) is 18.6 Å². The molecular formula is C21H24FNO. The van der Waals surface area contributed by atoms with Crippen LogP contribution < -0.4 is 0 Å². The minimum absolute atomic E-state index is 0.0109. The number of rotatable bonds is 3. The van der Waals surface area contributed by atoms with E-state index in [1.165, 1.54) is 48.9 Å². The quantitative estimate of drug-likeness (QED) is 0.892. The Morgan fingerprint density at radius 3 is 2.25 bits per heavy atom. The summed E-state index contributed by atoms with van der Waals surface area (Å²) >= 11 is 0. The van der Waals surface area contributed by atoms with Crippen LogP contribution in [0.4, 0.5) is 4.39 Å². The summed E-state index contributed by atoms with van der Waals surface area (Å²) in [4.78, 5) is 2.44. The monoisotopic (exact) mass is 325 g/mol. The summed E-state index contributed by atoms with van der Waals surface area (Å²) in [6, 6.07) is 10.9. The van der Waals surface area contributed by atoms with Crippen molar-refractivity contribution in [1.82, 2.24) is 4.90 Å².